The van der Waals surface area contributed by atoms with E-state index >= 15 is 0 Å². The topological polar surface area (TPSA) is 33.2 Å². The number of thiazole rings is 1. The maximum Gasteiger partial charge on any atom is 0.223 e. The van der Waals surface area contributed by atoms with E-state index in [4.69, 9.17) is 0 Å². The first-order valence-corrected chi connectivity index (χ1v) is 8.16. The van der Waals surface area contributed by atoms with Crippen molar-refractivity contribution in [1.82, 2.24) is 9.88 Å². The van der Waals surface area contributed by atoms with Gasteiger partial charge in [-0.1, -0.05) is 42.5 Å². The molecular weight excluding hydrogens is 292 g/mol. The van der Waals surface area contributed by atoms with Gasteiger partial charge in [0, 0.05) is 26.4 Å². The van der Waals surface area contributed by atoms with E-state index in [1.165, 1.54) is 4.70 Å². The molecule has 0 bridgehead atoms. The Morgan fingerprint density at radius 1 is 1.09 bits per heavy atom. The van der Waals surface area contributed by atoms with Gasteiger partial charge in [-0.15, -0.1) is 11.3 Å². The number of carbonyl (C=O) groups is 1. The van der Waals surface area contributed by atoms with E-state index in [2.05, 4.69) is 11.1 Å². The first kappa shape index (κ1) is 14.7. The van der Waals surface area contributed by atoms with Crippen LogP contribution in [-0.4, -0.2) is 22.8 Å². The minimum atomic E-state index is 0.156. The fraction of sp³-hybridized carbons (Fsp3) is 0.222. The van der Waals surface area contributed by atoms with E-state index in [1.807, 2.05) is 55.6 Å². The molecule has 0 saturated heterocycles. The molecule has 2 aromatic carbocycles. The number of aryl methyl sites for hydroxylation is 1. The molecular formula is C18H18N2OS. The van der Waals surface area contributed by atoms with Crippen LogP contribution < -0.4 is 0 Å². The molecule has 0 atom stereocenters. The third-order valence-corrected chi connectivity index (χ3v) is 4.68. The molecule has 3 rings (SSSR count). The highest BCUT2D eigenvalue weighted by Crippen LogP contribution is 2.22. The van der Waals surface area contributed by atoms with E-state index in [1.54, 1.807) is 16.2 Å². The van der Waals surface area contributed by atoms with Crippen LogP contribution in [0.4, 0.5) is 0 Å². The Bertz CT molecular complexity index is 734. The van der Waals surface area contributed by atoms with E-state index in [0.717, 1.165) is 16.1 Å². The number of benzene rings is 2. The molecule has 0 saturated carbocycles. The van der Waals surface area contributed by atoms with E-state index < -0.39 is 0 Å². The van der Waals surface area contributed by atoms with Crippen molar-refractivity contribution in [1.29, 1.82) is 0 Å². The second kappa shape index (κ2) is 6.71. The first-order chi connectivity index (χ1) is 10.7. The number of aromatic nitrogens is 1. The Morgan fingerprint density at radius 3 is 2.59 bits per heavy atom. The highest BCUT2D eigenvalue weighted by molar-refractivity contribution is 7.18. The van der Waals surface area contributed by atoms with Crippen LogP contribution in [0.1, 0.15) is 17.0 Å². The predicted molar refractivity (Wildman–Crippen MR) is 90.9 cm³/mol. The molecule has 3 aromatic rings. The molecule has 0 N–H and O–H groups in total. The molecule has 0 aliphatic rings. The normalized spacial score (nSPS) is 10.8. The minimum Gasteiger partial charge on any atom is -0.341 e. The Balaban J connectivity index is 1.57. The molecule has 112 valence electrons. The molecule has 1 aromatic heterocycles. The number of para-hydroxylation sites is 1. The average Bonchev–Trinajstić information content (AvgIpc) is 2.96. The van der Waals surface area contributed by atoms with Crippen LogP contribution >= 0.6 is 11.3 Å². The number of hydrogen-bond donors (Lipinski definition) is 0. The minimum absolute atomic E-state index is 0.156. The zero-order valence-corrected chi connectivity index (χ0v) is 13.3. The highest BCUT2D eigenvalue weighted by atomic mass is 32.1. The van der Waals surface area contributed by atoms with Crippen LogP contribution in [0.15, 0.2) is 54.6 Å². The van der Waals surface area contributed by atoms with Crippen LogP contribution in [0.3, 0.4) is 0 Å². The lowest BCUT2D eigenvalue weighted by atomic mass is 10.2. The van der Waals surface area contributed by atoms with Crippen LogP contribution in [-0.2, 0) is 17.8 Å². The van der Waals surface area contributed by atoms with Crippen LogP contribution in [0, 0.1) is 0 Å². The number of hydrogen-bond acceptors (Lipinski definition) is 3. The van der Waals surface area contributed by atoms with Crippen molar-refractivity contribution in [2.45, 2.75) is 19.4 Å². The van der Waals surface area contributed by atoms with Crippen molar-refractivity contribution in [2.24, 2.45) is 0 Å². The number of rotatable bonds is 5. The molecule has 0 radical (unpaired) electrons. The van der Waals surface area contributed by atoms with Crippen molar-refractivity contribution in [3.63, 3.8) is 0 Å². The fourth-order valence-corrected chi connectivity index (χ4v) is 3.34. The predicted octanol–water partition coefficient (Wildman–Crippen LogP) is 3.89. The molecule has 0 aliphatic carbocycles. The molecule has 0 unspecified atom stereocenters. The van der Waals surface area contributed by atoms with Gasteiger partial charge < -0.3 is 4.90 Å². The first-order valence-electron chi connectivity index (χ1n) is 7.35. The second-order valence-corrected chi connectivity index (χ2v) is 6.43. The van der Waals surface area contributed by atoms with Gasteiger partial charge in [-0.25, -0.2) is 4.98 Å². The molecule has 0 spiro atoms. The lowest BCUT2D eigenvalue weighted by molar-refractivity contribution is -0.130. The second-order valence-electron chi connectivity index (χ2n) is 5.31. The summed E-state index contributed by atoms with van der Waals surface area (Å²) >= 11 is 1.67. The summed E-state index contributed by atoms with van der Waals surface area (Å²) in [7, 11) is 1.85. The quantitative estimate of drug-likeness (QED) is 0.716. The molecule has 3 nitrogen and oxygen atoms in total. The van der Waals surface area contributed by atoms with Gasteiger partial charge in [0.2, 0.25) is 5.91 Å². The highest BCUT2D eigenvalue weighted by Gasteiger charge is 2.11. The third kappa shape index (κ3) is 3.52. The summed E-state index contributed by atoms with van der Waals surface area (Å²) in [4.78, 5) is 18.6. The summed E-state index contributed by atoms with van der Waals surface area (Å²) in [5.41, 5.74) is 2.17. The summed E-state index contributed by atoms with van der Waals surface area (Å²) in [6.45, 7) is 0.652. The monoisotopic (exact) mass is 310 g/mol. The SMILES string of the molecule is CN(Cc1ccccc1)C(=O)CCc1nc2ccccc2s1. The average molecular weight is 310 g/mol. The molecule has 0 fully saturated rings. The van der Waals surface area contributed by atoms with Crippen molar-refractivity contribution in [3.05, 3.63) is 65.2 Å². The smallest absolute Gasteiger partial charge is 0.223 e. The maximum absolute atomic E-state index is 12.2. The number of fused-ring (bicyclic) bond motifs is 1. The van der Waals surface area contributed by atoms with E-state index in [9.17, 15) is 4.79 Å². The van der Waals surface area contributed by atoms with Gasteiger partial charge in [0.15, 0.2) is 0 Å². The number of amides is 1. The van der Waals surface area contributed by atoms with Crippen molar-refractivity contribution in [2.75, 3.05) is 7.05 Å². The van der Waals surface area contributed by atoms with Gasteiger partial charge in [0.05, 0.1) is 15.2 Å². The number of carbonyl (C=O) groups excluding carboxylic acids is 1. The fourth-order valence-electron chi connectivity index (χ4n) is 2.38. The van der Waals surface area contributed by atoms with Gasteiger partial charge in [-0.3, -0.25) is 4.79 Å². The summed E-state index contributed by atoms with van der Waals surface area (Å²) in [6, 6.07) is 18.1. The summed E-state index contributed by atoms with van der Waals surface area (Å²) in [6.07, 6.45) is 1.21. The van der Waals surface area contributed by atoms with Crippen molar-refractivity contribution < 1.29 is 4.79 Å². The van der Waals surface area contributed by atoms with Gasteiger partial charge in [-0.05, 0) is 17.7 Å². The summed E-state index contributed by atoms with van der Waals surface area (Å²) in [5, 5.41) is 1.03. The van der Waals surface area contributed by atoms with Gasteiger partial charge in [-0.2, -0.15) is 0 Å². The molecule has 1 heterocycles. The standard InChI is InChI=1S/C18H18N2OS/c1-20(13-14-7-3-2-4-8-14)18(21)12-11-17-19-15-9-5-6-10-16(15)22-17/h2-10H,11-13H2,1H3. The molecule has 22 heavy (non-hydrogen) atoms. The number of nitrogens with zero attached hydrogens (tertiary/aromatic N) is 2. The Morgan fingerprint density at radius 2 is 1.82 bits per heavy atom. The molecule has 4 heteroatoms. The largest absolute Gasteiger partial charge is 0.341 e. The third-order valence-electron chi connectivity index (χ3n) is 3.58. The van der Waals surface area contributed by atoms with E-state index in [0.29, 0.717) is 19.4 Å². The van der Waals surface area contributed by atoms with Gasteiger partial charge in [0.25, 0.3) is 0 Å². The van der Waals surface area contributed by atoms with Crippen LogP contribution in [0.25, 0.3) is 10.2 Å². The van der Waals surface area contributed by atoms with Gasteiger partial charge in [0.1, 0.15) is 0 Å². The van der Waals surface area contributed by atoms with Crippen LogP contribution in [0.5, 0.6) is 0 Å². The van der Waals surface area contributed by atoms with Crippen molar-refractivity contribution >= 4 is 27.5 Å². The lowest BCUT2D eigenvalue weighted by Gasteiger charge is -2.16. The zero-order valence-electron chi connectivity index (χ0n) is 12.5. The molecule has 1 amide bonds. The Labute approximate surface area is 134 Å². The Hall–Kier alpha value is -2.20. The van der Waals surface area contributed by atoms with Crippen LogP contribution in [0.2, 0.25) is 0 Å². The maximum atomic E-state index is 12.2. The lowest BCUT2D eigenvalue weighted by Crippen LogP contribution is -2.26. The van der Waals surface area contributed by atoms with Gasteiger partial charge >= 0.3 is 0 Å². The summed E-state index contributed by atoms with van der Waals surface area (Å²) in [5.74, 6) is 0.156. The summed E-state index contributed by atoms with van der Waals surface area (Å²) < 4.78 is 1.18. The molecule has 0 aliphatic heterocycles. The van der Waals surface area contributed by atoms with Crippen molar-refractivity contribution in [3.8, 4) is 0 Å². The van der Waals surface area contributed by atoms with E-state index in [-0.39, 0.29) is 5.91 Å². The Kier molecular flexibility index (Phi) is 4.49. The zero-order chi connectivity index (χ0) is 15.4.